The number of nitrogen functional groups attached to an aromatic ring is 1. The van der Waals surface area contributed by atoms with Crippen molar-refractivity contribution in [2.75, 3.05) is 39.0 Å². The van der Waals surface area contributed by atoms with Crippen molar-refractivity contribution in [2.24, 2.45) is 0 Å². The fourth-order valence-electron chi connectivity index (χ4n) is 2.00. The Balaban J connectivity index is 1.97. The van der Waals surface area contributed by atoms with Crippen LogP contribution in [0.3, 0.4) is 0 Å². The number of para-hydroxylation sites is 1. The van der Waals surface area contributed by atoms with Crippen LogP contribution in [-0.4, -0.2) is 51.6 Å². The Bertz CT molecular complexity index is 524. The van der Waals surface area contributed by atoms with E-state index in [9.17, 15) is 8.42 Å². The quantitative estimate of drug-likeness (QED) is 0.752. The summed E-state index contributed by atoms with van der Waals surface area (Å²) >= 11 is 0. The minimum Gasteiger partial charge on any atom is -0.398 e. The molecule has 2 rings (SSSR count). The largest absolute Gasteiger partial charge is 0.398 e. The van der Waals surface area contributed by atoms with E-state index in [1.165, 1.54) is 0 Å². The molecule has 0 aromatic heterocycles. The van der Waals surface area contributed by atoms with Gasteiger partial charge in [-0.15, -0.1) is 4.83 Å². The summed E-state index contributed by atoms with van der Waals surface area (Å²) in [6.07, 6.45) is 0. The standard InChI is InChI=1S/C12H20N4O2S/c1-15-6-8-16(9-7-15)14-19(17,18)10-11-4-2-3-5-12(11)13/h2-5,14H,6-10,13H2,1H3. The van der Waals surface area contributed by atoms with Crippen LogP contribution in [0.5, 0.6) is 0 Å². The third-order valence-electron chi connectivity index (χ3n) is 3.17. The second-order valence-corrected chi connectivity index (χ2v) is 6.54. The van der Waals surface area contributed by atoms with Crippen LogP contribution in [-0.2, 0) is 15.8 Å². The molecule has 3 N–H and O–H groups in total. The average molecular weight is 284 g/mol. The summed E-state index contributed by atoms with van der Waals surface area (Å²) < 4.78 is 24.2. The fourth-order valence-corrected chi connectivity index (χ4v) is 3.31. The van der Waals surface area contributed by atoms with E-state index in [-0.39, 0.29) is 5.75 Å². The Morgan fingerprint density at radius 1 is 1.21 bits per heavy atom. The first-order chi connectivity index (χ1) is 8.96. The highest BCUT2D eigenvalue weighted by Crippen LogP contribution is 2.13. The molecule has 1 fully saturated rings. The van der Waals surface area contributed by atoms with Crippen molar-refractivity contribution in [1.82, 2.24) is 14.7 Å². The van der Waals surface area contributed by atoms with Crippen molar-refractivity contribution in [2.45, 2.75) is 5.75 Å². The zero-order valence-electron chi connectivity index (χ0n) is 11.0. The van der Waals surface area contributed by atoms with Gasteiger partial charge in [0.2, 0.25) is 10.0 Å². The maximum atomic E-state index is 12.1. The Labute approximate surface area is 114 Å². The molecule has 1 saturated heterocycles. The molecule has 0 radical (unpaired) electrons. The van der Waals surface area contributed by atoms with E-state index in [0.29, 0.717) is 24.3 Å². The summed E-state index contributed by atoms with van der Waals surface area (Å²) in [5.41, 5.74) is 6.90. The van der Waals surface area contributed by atoms with Crippen molar-refractivity contribution in [3.05, 3.63) is 29.8 Å². The molecular weight excluding hydrogens is 264 g/mol. The third-order valence-corrected chi connectivity index (χ3v) is 4.40. The predicted molar refractivity (Wildman–Crippen MR) is 75.7 cm³/mol. The number of likely N-dealkylation sites (N-methyl/N-ethyl adjacent to an activating group) is 1. The summed E-state index contributed by atoms with van der Waals surface area (Å²) in [4.78, 5) is 4.78. The summed E-state index contributed by atoms with van der Waals surface area (Å²) in [5.74, 6) is -0.0913. The van der Waals surface area contributed by atoms with Crippen molar-refractivity contribution in [1.29, 1.82) is 0 Å². The molecule has 7 heteroatoms. The van der Waals surface area contributed by atoms with Crippen LogP contribution in [0.1, 0.15) is 5.56 Å². The van der Waals surface area contributed by atoms with Crippen molar-refractivity contribution in [3.63, 3.8) is 0 Å². The number of anilines is 1. The van der Waals surface area contributed by atoms with Gasteiger partial charge < -0.3 is 10.6 Å². The number of sulfonamides is 1. The highest BCUT2D eigenvalue weighted by Gasteiger charge is 2.20. The van der Waals surface area contributed by atoms with Crippen molar-refractivity contribution < 1.29 is 8.42 Å². The van der Waals surface area contributed by atoms with E-state index in [1.807, 2.05) is 7.05 Å². The van der Waals surface area contributed by atoms with Gasteiger partial charge in [-0.05, 0) is 18.7 Å². The first-order valence-corrected chi connectivity index (χ1v) is 7.88. The van der Waals surface area contributed by atoms with Crippen LogP contribution in [0.4, 0.5) is 5.69 Å². The zero-order chi connectivity index (χ0) is 13.9. The second kappa shape index (κ2) is 5.87. The van der Waals surface area contributed by atoms with Crippen LogP contribution in [0, 0.1) is 0 Å². The molecule has 1 aromatic rings. The molecule has 1 aliphatic rings. The van der Waals surface area contributed by atoms with Crippen LogP contribution in [0.15, 0.2) is 24.3 Å². The monoisotopic (exact) mass is 284 g/mol. The smallest absolute Gasteiger partial charge is 0.228 e. The number of benzene rings is 1. The lowest BCUT2D eigenvalue weighted by atomic mass is 10.2. The minimum absolute atomic E-state index is 0.0913. The lowest BCUT2D eigenvalue weighted by Crippen LogP contribution is -2.52. The van der Waals surface area contributed by atoms with Crippen LogP contribution in [0.2, 0.25) is 0 Å². The summed E-state index contributed by atoms with van der Waals surface area (Å²) in [6.45, 7) is 3.10. The van der Waals surface area contributed by atoms with Gasteiger partial charge in [-0.25, -0.2) is 13.4 Å². The van der Waals surface area contributed by atoms with Crippen LogP contribution in [0.25, 0.3) is 0 Å². The van der Waals surface area contributed by atoms with Crippen LogP contribution < -0.4 is 10.6 Å². The normalized spacial score (nSPS) is 18.6. The van der Waals surface area contributed by atoms with E-state index < -0.39 is 10.0 Å². The molecule has 106 valence electrons. The second-order valence-electron chi connectivity index (χ2n) is 4.84. The van der Waals surface area contributed by atoms with E-state index in [0.717, 1.165) is 13.1 Å². The van der Waals surface area contributed by atoms with Gasteiger partial charge in [-0.2, -0.15) is 0 Å². The summed E-state index contributed by atoms with van der Waals surface area (Å²) in [6, 6.07) is 7.02. The van der Waals surface area contributed by atoms with E-state index >= 15 is 0 Å². The maximum absolute atomic E-state index is 12.1. The highest BCUT2D eigenvalue weighted by atomic mass is 32.2. The Hall–Kier alpha value is -1.15. The molecule has 1 aromatic carbocycles. The van der Waals surface area contributed by atoms with Gasteiger partial charge in [0, 0.05) is 31.9 Å². The number of nitrogens with zero attached hydrogens (tertiary/aromatic N) is 2. The Morgan fingerprint density at radius 2 is 1.84 bits per heavy atom. The lowest BCUT2D eigenvalue weighted by Gasteiger charge is -2.32. The van der Waals surface area contributed by atoms with Gasteiger partial charge in [0.25, 0.3) is 0 Å². The lowest BCUT2D eigenvalue weighted by molar-refractivity contribution is 0.134. The van der Waals surface area contributed by atoms with E-state index in [1.54, 1.807) is 29.3 Å². The van der Waals surface area contributed by atoms with Gasteiger partial charge in [0.15, 0.2) is 0 Å². The van der Waals surface area contributed by atoms with Gasteiger partial charge >= 0.3 is 0 Å². The molecule has 0 unspecified atom stereocenters. The topological polar surface area (TPSA) is 78.7 Å². The first-order valence-electron chi connectivity index (χ1n) is 6.23. The van der Waals surface area contributed by atoms with Gasteiger partial charge in [-0.3, -0.25) is 0 Å². The number of hydrogen-bond donors (Lipinski definition) is 2. The molecule has 0 spiro atoms. The number of piperazine rings is 1. The Morgan fingerprint density at radius 3 is 2.47 bits per heavy atom. The SMILES string of the molecule is CN1CCN(NS(=O)(=O)Cc2ccccc2N)CC1. The molecule has 1 aliphatic heterocycles. The zero-order valence-corrected chi connectivity index (χ0v) is 11.9. The highest BCUT2D eigenvalue weighted by molar-refractivity contribution is 7.88. The molecule has 0 atom stereocenters. The molecule has 0 aliphatic carbocycles. The van der Waals surface area contributed by atoms with E-state index in [4.69, 9.17) is 5.73 Å². The predicted octanol–water partition coefficient (Wildman–Crippen LogP) is -0.149. The Kier molecular flexibility index (Phi) is 4.41. The summed E-state index contributed by atoms with van der Waals surface area (Å²) in [5, 5.41) is 1.74. The number of rotatable bonds is 4. The number of nitrogens with two attached hydrogens (primary N) is 1. The van der Waals surface area contributed by atoms with E-state index in [2.05, 4.69) is 9.73 Å². The first kappa shape index (κ1) is 14.3. The average Bonchev–Trinajstić information content (AvgIpc) is 2.35. The van der Waals surface area contributed by atoms with Crippen molar-refractivity contribution in [3.8, 4) is 0 Å². The third kappa shape index (κ3) is 4.17. The maximum Gasteiger partial charge on any atom is 0.228 e. The summed E-state index contributed by atoms with van der Waals surface area (Å²) in [7, 11) is -1.37. The number of hydrazine groups is 1. The number of hydrogen-bond acceptors (Lipinski definition) is 5. The molecule has 19 heavy (non-hydrogen) atoms. The molecular formula is C12H20N4O2S. The van der Waals surface area contributed by atoms with Crippen LogP contribution >= 0.6 is 0 Å². The van der Waals surface area contributed by atoms with Crippen molar-refractivity contribution >= 4 is 15.7 Å². The molecule has 0 bridgehead atoms. The molecule has 6 nitrogen and oxygen atoms in total. The minimum atomic E-state index is -3.40. The molecule has 0 saturated carbocycles. The van der Waals surface area contributed by atoms with Gasteiger partial charge in [0.05, 0.1) is 5.75 Å². The number of nitrogens with one attached hydrogen (secondary N) is 1. The fraction of sp³-hybridized carbons (Fsp3) is 0.500. The molecule has 1 heterocycles. The van der Waals surface area contributed by atoms with Gasteiger partial charge in [-0.1, -0.05) is 18.2 Å². The molecule has 0 amide bonds. The van der Waals surface area contributed by atoms with Gasteiger partial charge in [0.1, 0.15) is 0 Å².